The van der Waals surface area contributed by atoms with Gasteiger partial charge in [-0.1, -0.05) is 0 Å². The van der Waals surface area contributed by atoms with Gasteiger partial charge in [-0.3, -0.25) is 4.79 Å². The zero-order chi connectivity index (χ0) is 12.0. The third-order valence-corrected chi connectivity index (χ3v) is 4.29. The Hall–Kier alpha value is -1.56. The van der Waals surface area contributed by atoms with E-state index in [1.165, 1.54) is 6.07 Å². The lowest BCUT2D eigenvalue weighted by molar-refractivity contribution is -0.131. The lowest BCUT2D eigenvalue weighted by Gasteiger charge is -2.32. The summed E-state index contributed by atoms with van der Waals surface area (Å²) >= 11 is 1.03. The molecule has 1 saturated carbocycles. The summed E-state index contributed by atoms with van der Waals surface area (Å²) in [6, 6.07) is 1.49. The van der Waals surface area contributed by atoms with Gasteiger partial charge in [-0.15, -0.1) is 11.3 Å². The highest BCUT2D eigenvalue weighted by Gasteiger charge is 2.47. The zero-order valence-corrected chi connectivity index (χ0v) is 9.80. The second-order valence-corrected chi connectivity index (χ2v) is 5.42. The molecule has 1 aliphatic carbocycles. The monoisotopic (exact) mass is 253 g/mol. The van der Waals surface area contributed by atoms with Crippen LogP contribution < -0.4 is 10.1 Å². The maximum atomic E-state index is 12.0. The van der Waals surface area contributed by atoms with Crippen molar-refractivity contribution in [3.8, 4) is 5.75 Å². The summed E-state index contributed by atoms with van der Waals surface area (Å²) < 4.78 is 5.76. The molecule has 3 rings (SSSR count). The Morgan fingerprint density at radius 1 is 1.47 bits per heavy atom. The first kappa shape index (κ1) is 10.6. The maximum absolute atomic E-state index is 12.0. The number of thiophene rings is 1. The van der Waals surface area contributed by atoms with Gasteiger partial charge in [0.15, 0.2) is 11.4 Å². The first-order valence-corrected chi connectivity index (χ1v) is 6.30. The number of anilines is 1. The maximum Gasteiger partial charge on any atom is 0.346 e. The summed E-state index contributed by atoms with van der Waals surface area (Å²) in [6.07, 6.45) is 3.35. The molecule has 1 amide bonds. The number of rotatable bonds is 1. The summed E-state index contributed by atoms with van der Waals surface area (Å²) in [4.78, 5) is 23.0. The van der Waals surface area contributed by atoms with Crippen LogP contribution in [-0.2, 0) is 4.79 Å². The van der Waals surface area contributed by atoms with E-state index in [1.807, 2.05) is 0 Å². The number of hydrogen-bond donors (Lipinski definition) is 2. The van der Waals surface area contributed by atoms with Crippen molar-refractivity contribution in [2.24, 2.45) is 0 Å². The first-order valence-electron chi connectivity index (χ1n) is 5.48. The molecule has 0 radical (unpaired) electrons. The van der Waals surface area contributed by atoms with Gasteiger partial charge in [-0.2, -0.15) is 0 Å². The van der Waals surface area contributed by atoms with Crippen LogP contribution in [0.4, 0.5) is 5.00 Å². The molecule has 2 heterocycles. The van der Waals surface area contributed by atoms with Crippen LogP contribution in [0.5, 0.6) is 5.75 Å². The number of carbonyl (C=O) groups is 2. The highest BCUT2D eigenvalue weighted by atomic mass is 32.1. The average molecular weight is 253 g/mol. The zero-order valence-electron chi connectivity index (χ0n) is 8.99. The molecular weight excluding hydrogens is 242 g/mol. The molecule has 17 heavy (non-hydrogen) atoms. The fourth-order valence-electron chi connectivity index (χ4n) is 2.39. The van der Waals surface area contributed by atoms with Crippen molar-refractivity contribution in [3.05, 3.63) is 10.9 Å². The third kappa shape index (κ3) is 1.51. The predicted molar refractivity (Wildman–Crippen MR) is 61.7 cm³/mol. The molecule has 90 valence electrons. The number of fused-ring (bicyclic) bond motifs is 1. The van der Waals surface area contributed by atoms with Crippen LogP contribution in [0, 0.1) is 0 Å². The summed E-state index contributed by atoms with van der Waals surface area (Å²) in [5, 5.41) is 12.2. The van der Waals surface area contributed by atoms with Gasteiger partial charge >= 0.3 is 5.97 Å². The molecule has 0 atom stereocenters. The lowest BCUT2D eigenvalue weighted by atomic mass is 10.00. The summed E-state index contributed by atoms with van der Waals surface area (Å²) in [5.41, 5.74) is -0.760. The number of nitrogens with one attached hydrogen (secondary N) is 1. The molecule has 1 aromatic heterocycles. The van der Waals surface area contributed by atoms with E-state index >= 15 is 0 Å². The summed E-state index contributed by atoms with van der Waals surface area (Å²) in [5.74, 6) is -0.641. The van der Waals surface area contributed by atoms with E-state index < -0.39 is 11.6 Å². The summed E-state index contributed by atoms with van der Waals surface area (Å²) in [7, 11) is 0. The smallest absolute Gasteiger partial charge is 0.346 e. The predicted octanol–water partition coefficient (Wildman–Crippen LogP) is 2.09. The van der Waals surface area contributed by atoms with Crippen LogP contribution in [0.2, 0.25) is 0 Å². The van der Waals surface area contributed by atoms with Crippen molar-refractivity contribution >= 4 is 28.2 Å². The van der Waals surface area contributed by atoms with Gasteiger partial charge in [0.2, 0.25) is 0 Å². The minimum atomic E-state index is -0.997. The molecule has 2 N–H and O–H groups in total. The van der Waals surface area contributed by atoms with Gasteiger partial charge in [0.1, 0.15) is 9.88 Å². The van der Waals surface area contributed by atoms with Gasteiger partial charge in [0, 0.05) is 6.07 Å². The standard InChI is InChI=1S/C11H11NO4S/c13-9(14)7-5-6-8(17-7)12-10(15)11(16-6)3-1-2-4-11/h5H,1-4H2,(H,12,15)(H,13,14). The molecule has 1 aromatic rings. The van der Waals surface area contributed by atoms with Crippen LogP contribution in [0.1, 0.15) is 35.4 Å². The van der Waals surface area contributed by atoms with Crippen molar-refractivity contribution < 1.29 is 19.4 Å². The highest BCUT2D eigenvalue weighted by molar-refractivity contribution is 7.18. The molecule has 0 bridgehead atoms. The van der Waals surface area contributed by atoms with E-state index in [0.29, 0.717) is 23.6 Å². The topological polar surface area (TPSA) is 75.6 Å². The molecule has 6 heteroatoms. The molecule has 1 aliphatic heterocycles. The van der Waals surface area contributed by atoms with Gasteiger partial charge in [-0.05, 0) is 25.7 Å². The molecule has 1 spiro atoms. The quantitative estimate of drug-likeness (QED) is 0.803. The van der Waals surface area contributed by atoms with Crippen LogP contribution in [-0.4, -0.2) is 22.6 Å². The van der Waals surface area contributed by atoms with Crippen LogP contribution >= 0.6 is 11.3 Å². The van der Waals surface area contributed by atoms with E-state index in [0.717, 1.165) is 24.2 Å². The molecule has 5 nitrogen and oxygen atoms in total. The summed E-state index contributed by atoms with van der Waals surface area (Å²) in [6.45, 7) is 0. The van der Waals surface area contributed by atoms with Crippen molar-refractivity contribution in [1.29, 1.82) is 0 Å². The van der Waals surface area contributed by atoms with Crippen molar-refractivity contribution in [1.82, 2.24) is 0 Å². The third-order valence-electron chi connectivity index (χ3n) is 3.27. The number of carboxylic acid groups (broad SMARTS) is 1. The number of hydrogen-bond acceptors (Lipinski definition) is 4. The van der Waals surface area contributed by atoms with Crippen LogP contribution in [0.3, 0.4) is 0 Å². The highest BCUT2D eigenvalue weighted by Crippen LogP contribution is 2.45. The molecular formula is C11H11NO4S. The normalized spacial score (nSPS) is 20.8. The Kier molecular flexibility index (Phi) is 2.16. The number of aromatic carboxylic acids is 1. The lowest BCUT2D eigenvalue weighted by Crippen LogP contribution is -2.48. The second-order valence-electron chi connectivity index (χ2n) is 4.37. The Bertz CT molecular complexity index is 502. The van der Waals surface area contributed by atoms with Gasteiger partial charge in [0.25, 0.3) is 5.91 Å². The fourth-order valence-corrected chi connectivity index (χ4v) is 3.21. The molecule has 0 saturated heterocycles. The van der Waals surface area contributed by atoms with Gasteiger partial charge in [-0.25, -0.2) is 4.79 Å². The number of amides is 1. The Morgan fingerprint density at radius 2 is 2.18 bits per heavy atom. The molecule has 1 fully saturated rings. The molecule has 0 aromatic carbocycles. The van der Waals surface area contributed by atoms with Gasteiger partial charge < -0.3 is 15.2 Å². The minimum Gasteiger partial charge on any atom is -0.477 e. The number of carbonyl (C=O) groups excluding carboxylic acids is 1. The first-order chi connectivity index (χ1) is 8.11. The minimum absolute atomic E-state index is 0.138. The average Bonchev–Trinajstić information content (AvgIpc) is 2.87. The molecule has 0 unspecified atom stereocenters. The van der Waals surface area contributed by atoms with E-state index in [9.17, 15) is 9.59 Å². The van der Waals surface area contributed by atoms with E-state index in [4.69, 9.17) is 9.84 Å². The molecule has 2 aliphatic rings. The van der Waals surface area contributed by atoms with Crippen molar-refractivity contribution in [3.63, 3.8) is 0 Å². The van der Waals surface area contributed by atoms with Crippen molar-refractivity contribution in [2.45, 2.75) is 31.3 Å². The Morgan fingerprint density at radius 3 is 2.82 bits per heavy atom. The largest absolute Gasteiger partial charge is 0.477 e. The number of carboxylic acids is 1. The number of ether oxygens (including phenoxy) is 1. The van der Waals surface area contributed by atoms with E-state index in [1.54, 1.807) is 0 Å². The van der Waals surface area contributed by atoms with Crippen LogP contribution in [0.25, 0.3) is 0 Å². The second kappa shape index (κ2) is 3.46. The van der Waals surface area contributed by atoms with Crippen LogP contribution in [0.15, 0.2) is 6.07 Å². The Labute approximate surface area is 101 Å². The SMILES string of the molecule is O=C(O)c1cc2c(s1)NC(=O)C1(CCCC1)O2. The van der Waals surface area contributed by atoms with Gasteiger partial charge in [0.05, 0.1) is 0 Å². The van der Waals surface area contributed by atoms with Crippen molar-refractivity contribution in [2.75, 3.05) is 5.32 Å². The van der Waals surface area contributed by atoms with E-state index in [2.05, 4.69) is 5.32 Å². The van der Waals surface area contributed by atoms with E-state index in [-0.39, 0.29) is 10.8 Å². The Balaban J connectivity index is 1.99. The fraction of sp³-hybridized carbons (Fsp3) is 0.455.